The number of nitrogens with one attached hydrogen (secondary N) is 1. The highest BCUT2D eigenvalue weighted by molar-refractivity contribution is 7.36. The molecule has 2 nitrogen and oxygen atoms in total. The van der Waals surface area contributed by atoms with Crippen molar-refractivity contribution < 1.29 is 0 Å². The Labute approximate surface area is 93.7 Å². The average Bonchev–Trinajstić information content (AvgIpc) is 2.68. The summed E-state index contributed by atoms with van der Waals surface area (Å²) in [5, 5.41) is 3.61. The van der Waals surface area contributed by atoms with E-state index in [4.69, 9.17) is 0 Å². The van der Waals surface area contributed by atoms with Crippen molar-refractivity contribution in [3.05, 3.63) is 29.6 Å². The summed E-state index contributed by atoms with van der Waals surface area (Å²) in [5.74, 6) is 0.730. The van der Waals surface area contributed by atoms with Crippen molar-refractivity contribution in [2.75, 3.05) is 0 Å². The van der Waals surface area contributed by atoms with Crippen LogP contribution in [0.3, 0.4) is 0 Å². The van der Waals surface area contributed by atoms with Gasteiger partial charge in [0.1, 0.15) is 0 Å². The summed E-state index contributed by atoms with van der Waals surface area (Å²) < 4.78 is 0. The molecule has 2 heterocycles. The molecule has 3 atom stereocenters. The van der Waals surface area contributed by atoms with Gasteiger partial charge in [0.25, 0.3) is 0 Å². The minimum absolute atomic E-state index is 0.637. The van der Waals surface area contributed by atoms with Crippen LogP contribution >= 0.6 is 8.73 Å². The number of hydrogen-bond acceptors (Lipinski definition) is 2. The molecule has 1 aliphatic heterocycles. The van der Waals surface area contributed by atoms with Gasteiger partial charge in [0, 0.05) is 23.6 Å². The highest BCUT2D eigenvalue weighted by Gasteiger charge is 2.27. The van der Waals surface area contributed by atoms with E-state index in [1.54, 1.807) is 0 Å². The van der Waals surface area contributed by atoms with E-state index in [1.165, 1.54) is 17.7 Å². The maximum absolute atomic E-state index is 4.52. The van der Waals surface area contributed by atoms with Crippen LogP contribution in [-0.2, 0) is 0 Å². The molecule has 1 aliphatic rings. The Morgan fingerprint density at radius 3 is 2.80 bits per heavy atom. The first-order valence-corrected chi connectivity index (χ1v) is 6.68. The maximum atomic E-state index is 4.52. The molecule has 1 aromatic heterocycles. The zero-order valence-electron chi connectivity index (χ0n) is 9.62. The molecule has 0 radical (unpaired) electrons. The number of nitrogens with zero attached hydrogens (tertiary/aromatic N) is 1. The minimum Gasteiger partial charge on any atom is -0.294 e. The molecule has 82 valence electrons. The predicted octanol–water partition coefficient (Wildman–Crippen LogP) is 3.04. The zero-order chi connectivity index (χ0) is 10.8. The molecule has 1 fully saturated rings. The summed E-state index contributed by atoms with van der Waals surface area (Å²) in [4.78, 5) is 4.52. The van der Waals surface area contributed by atoms with Gasteiger partial charge >= 0.3 is 0 Å². The third kappa shape index (κ3) is 2.56. The van der Waals surface area contributed by atoms with Crippen molar-refractivity contribution in [3.63, 3.8) is 0 Å². The van der Waals surface area contributed by atoms with Crippen LogP contribution in [0.4, 0.5) is 0 Å². The molecule has 1 saturated heterocycles. The monoisotopic (exact) mass is 222 g/mol. The Balaban J connectivity index is 2.04. The Hall–Kier alpha value is -0.460. The molecule has 1 aromatic rings. The van der Waals surface area contributed by atoms with Gasteiger partial charge in [0.05, 0.1) is 0 Å². The number of hydrogen-bond donors (Lipinski definition) is 1. The smallest absolute Gasteiger partial charge is 0.0488 e. The molecule has 0 spiro atoms. The molecule has 0 bridgehead atoms. The summed E-state index contributed by atoms with van der Waals surface area (Å²) in [7, 11) is 0.835. The van der Waals surface area contributed by atoms with Crippen molar-refractivity contribution in [1.82, 2.24) is 10.1 Å². The molecule has 0 aliphatic carbocycles. The van der Waals surface area contributed by atoms with Gasteiger partial charge in [-0.2, -0.15) is 0 Å². The second kappa shape index (κ2) is 4.59. The molecular weight excluding hydrogens is 203 g/mol. The summed E-state index contributed by atoms with van der Waals surface area (Å²) in [6.07, 6.45) is 3.22. The SMILES string of the molecule is Cc1ccc(C2CC(C(C)C)NP2)nc1. The van der Waals surface area contributed by atoms with Crippen molar-refractivity contribution in [1.29, 1.82) is 0 Å². The minimum atomic E-state index is 0.637. The fraction of sp³-hybridized carbons (Fsp3) is 0.583. The first kappa shape index (κ1) is 11.0. The third-order valence-electron chi connectivity index (χ3n) is 3.03. The lowest BCUT2D eigenvalue weighted by molar-refractivity contribution is 0.457. The van der Waals surface area contributed by atoms with Gasteiger partial charge in [-0.1, -0.05) is 19.9 Å². The van der Waals surface area contributed by atoms with Crippen LogP contribution in [-0.4, -0.2) is 11.0 Å². The third-order valence-corrected chi connectivity index (χ3v) is 4.45. The molecule has 15 heavy (non-hydrogen) atoms. The van der Waals surface area contributed by atoms with Crippen LogP contribution in [0, 0.1) is 12.8 Å². The topological polar surface area (TPSA) is 24.9 Å². The molecule has 2 rings (SSSR count). The Morgan fingerprint density at radius 1 is 1.47 bits per heavy atom. The standard InChI is InChI=1S/C12H19N2P/c1-8(2)11-6-12(15-14-11)10-5-4-9(3)7-13-10/h4-5,7-8,11-12,14-15H,6H2,1-3H3. The number of rotatable bonds is 2. The number of aryl methyl sites for hydroxylation is 1. The number of aromatic nitrogens is 1. The van der Waals surface area contributed by atoms with Gasteiger partial charge in [-0.3, -0.25) is 10.1 Å². The second-order valence-corrected chi connectivity index (χ2v) is 5.96. The molecule has 0 aromatic carbocycles. The fourth-order valence-electron chi connectivity index (χ4n) is 1.90. The van der Waals surface area contributed by atoms with Gasteiger partial charge in [-0.15, -0.1) is 0 Å². The lowest BCUT2D eigenvalue weighted by Gasteiger charge is -2.13. The van der Waals surface area contributed by atoms with Crippen LogP contribution in [0.25, 0.3) is 0 Å². The Morgan fingerprint density at radius 2 is 2.27 bits per heavy atom. The van der Waals surface area contributed by atoms with E-state index < -0.39 is 0 Å². The fourth-order valence-corrected chi connectivity index (χ4v) is 3.46. The van der Waals surface area contributed by atoms with Gasteiger partial charge in [0.15, 0.2) is 0 Å². The first-order chi connectivity index (χ1) is 7.16. The van der Waals surface area contributed by atoms with E-state index >= 15 is 0 Å². The quantitative estimate of drug-likeness (QED) is 0.778. The largest absolute Gasteiger partial charge is 0.294 e. The molecule has 3 heteroatoms. The highest BCUT2D eigenvalue weighted by Crippen LogP contribution is 2.42. The van der Waals surface area contributed by atoms with E-state index in [-0.39, 0.29) is 0 Å². The van der Waals surface area contributed by atoms with Gasteiger partial charge in [-0.05, 0) is 39.6 Å². The lowest BCUT2D eigenvalue weighted by atomic mass is 9.99. The number of pyridine rings is 1. The lowest BCUT2D eigenvalue weighted by Crippen LogP contribution is -2.22. The van der Waals surface area contributed by atoms with Crippen LogP contribution in [0.2, 0.25) is 0 Å². The molecule has 3 unspecified atom stereocenters. The van der Waals surface area contributed by atoms with E-state index in [9.17, 15) is 0 Å². The van der Waals surface area contributed by atoms with Crippen LogP contribution < -0.4 is 5.09 Å². The Kier molecular flexibility index (Phi) is 3.38. The van der Waals surface area contributed by atoms with Gasteiger partial charge < -0.3 is 0 Å². The van der Waals surface area contributed by atoms with Crippen LogP contribution in [0.5, 0.6) is 0 Å². The normalized spacial score (nSPS) is 27.7. The summed E-state index contributed by atoms with van der Waals surface area (Å²) in [6, 6.07) is 5.02. The molecule has 1 N–H and O–H groups in total. The van der Waals surface area contributed by atoms with Crippen LogP contribution in [0.15, 0.2) is 18.3 Å². The highest BCUT2D eigenvalue weighted by atomic mass is 31.1. The summed E-state index contributed by atoms with van der Waals surface area (Å²) in [6.45, 7) is 6.66. The van der Waals surface area contributed by atoms with E-state index in [0.29, 0.717) is 11.7 Å². The van der Waals surface area contributed by atoms with Crippen molar-refractivity contribution in [3.8, 4) is 0 Å². The summed E-state index contributed by atoms with van der Waals surface area (Å²) >= 11 is 0. The maximum Gasteiger partial charge on any atom is 0.0488 e. The predicted molar refractivity (Wildman–Crippen MR) is 66.4 cm³/mol. The Bertz CT molecular complexity index is 321. The molecule has 0 saturated carbocycles. The van der Waals surface area contributed by atoms with E-state index in [2.05, 4.69) is 43.0 Å². The summed E-state index contributed by atoms with van der Waals surface area (Å²) in [5.41, 5.74) is 3.14. The van der Waals surface area contributed by atoms with Crippen molar-refractivity contribution in [2.45, 2.75) is 38.9 Å². The van der Waals surface area contributed by atoms with Crippen molar-refractivity contribution in [2.24, 2.45) is 5.92 Å². The first-order valence-electron chi connectivity index (χ1n) is 5.60. The van der Waals surface area contributed by atoms with Gasteiger partial charge in [0.2, 0.25) is 0 Å². The van der Waals surface area contributed by atoms with E-state index in [1.807, 2.05) is 6.20 Å². The van der Waals surface area contributed by atoms with Crippen molar-refractivity contribution >= 4 is 8.73 Å². The van der Waals surface area contributed by atoms with Crippen LogP contribution in [0.1, 0.15) is 37.2 Å². The molecular formula is C12H19N2P. The zero-order valence-corrected chi connectivity index (χ0v) is 10.6. The second-order valence-electron chi connectivity index (χ2n) is 4.69. The van der Waals surface area contributed by atoms with E-state index in [0.717, 1.165) is 14.6 Å². The average molecular weight is 222 g/mol. The molecule has 0 amide bonds. The van der Waals surface area contributed by atoms with Gasteiger partial charge in [-0.25, -0.2) is 0 Å².